The smallest absolute Gasteiger partial charge is 0.416 e. The number of carbonyl (C=O) groups is 2. The summed E-state index contributed by atoms with van der Waals surface area (Å²) in [5, 5.41) is 11.4. The number of hydrogen-bond donors (Lipinski definition) is 1. The molecule has 1 fully saturated rings. The van der Waals surface area contributed by atoms with Crippen LogP contribution in [0.5, 0.6) is 5.75 Å². The molecular weight excluding hydrogens is 509 g/mol. The number of anilines is 2. The summed E-state index contributed by atoms with van der Waals surface area (Å²) in [6, 6.07) is 16.5. The van der Waals surface area contributed by atoms with Crippen LogP contribution in [0.4, 0.5) is 24.5 Å². The molecule has 0 bridgehead atoms. The summed E-state index contributed by atoms with van der Waals surface area (Å²) < 4.78 is 45.3. The Hall–Kier alpha value is -4.27. The van der Waals surface area contributed by atoms with Crippen molar-refractivity contribution in [1.29, 1.82) is 0 Å². The highest BCUT2D eigenvalue weighted by Crippen LogP contribution is 2.43. The predicted octanol–water partition coefficient (Wildman–Crippen LogP) is 6.43. The van der Waals surface area contributed by atoms with Gasteiger partial charge in [0, 0.05) is 31.0 Å². The van der Waals surface area contributed by atoms with Gasteiger partial charge in [-0.25, -0.2) is 0 Å². The maximum absolute atomic E-state index is 13.4. The number of Topliss-reactive ketones (excluding diaryl/α,β-unsaturated/α-hetero) is 1. The zero-order valence-electron chi connectivity index (χ0n) is 22.0. The van der Waals surface area contributed by atoms with Crippen LogP contribution in [0.3, 0.4) is 0 Å². The molecule has 1 amide bonds. The van der Waals surface area contributed by atoms with Gasteiger partial charge in [0.15, 0.2) is 0 Å². The molecule has 39 heavy (non-hydrogen) atoms. The molecule has 9 heteroatoms. The van der Waals surface area contributed by atoms with Crippen molar-refractivity contribution in [2.24, 2.45) is 5.92 Å². The third-order valence-electron chi connectivity index (χ3n) is 6.33. The van der Waals surface area contributed by atoms with E-state index >= 15 is 0 Å². The molecule has 1 aliphatic heterocycles. The van der Waals surface area contributed by atoms with Gasteiger partial charge in [-0.2, -0.15) is 13.2 Å². The SMILES string of the molecule is CC(C)COc1cccc(/C(O)=C2\C(=O)C(=O)N(c3ccc(C(F)(F)F)cc3)C2c2ccc(N(C)C)cc2)c1. The lowest BCUT2D eigenvalue weighted by atomic mass is 9.94. The molecule has 1 saturated heterocycles. The number of alkyl halides is 3. The van der Waals surface area contributed by atoms with Crippen LogP contribution in [0.2, 0.25) is 0 Å². The molecule has 3 aromatic rings. The fourth-order valence-electron chi connectivity index (χ4n) is 4.33. The van der Waals surface area contributed by atoms with Gasteiger partial charge in [0.2, 0.25) is 0 Å². The van der Waals surface area contributed by atoms with Gasteiger partial charge in [-0.15, -0.1) is 0 Å². The Bertz CT molecular complexity index is 1390. The van der Waals surface area contributed by atoms with Gasteiger partial charge in [-0.1, -0.05) is 38.1 Å². The Balaban J connectivity index is 1.85. The van der Waals surface area contributed by atoms with Crippen LogP contribution in [-0.2, 0) is 15.8 Å². The Morgan fingerprint density at radius 3 is 2.21 bits per heavy atom. The van der Waals surface area contributed by atoms with E-state index in [1.165, 1.54) is 0 Å². The van der Waals surface area contributed by atoms with Crippen LogP contribution >= 0.6 is 0 Å². The molecule has 1 atom stereocenters. The number of aliphatic hydroxyl groups excluding tert-OH is 1. The highest BCUT2D eigenvalue weighted by Gasteiger charge is 2.47. The quantitative estimate of drug-likeness (QED) is 0.213. The number of aliphatic hydroxyl groups is 1. The number of rotatable bonds is 7. The van der Waals surface area contributed by atoms with Gasteiger partial charge in [0.05, 0.1) is 23.8 Å². The van der Waals surface area contributed by atoms with Crippen molar-refractivity contribution < 1.29 is 32.6 Å². The Morgan fingerprint density at radius 1 is 1.00 bits per heavy atom. The van der Waals surface area contributed by atoms with Crippen LogP contribution in [0, 0.1) is 5.92 Å². The summed E-state index contributed by atoms with van der Waals surface area (Å²) in [5.41, 5.74) is 0.691. The number of ketones is 1. The molecule has 1 N–H and O–H groups in total. The summed E-state index contributed by atoms with van der Waals surface area (Å²) in [6.07, 6.45) is -4.56. The van der Waals surface area contributed by atoms with Gasteiger partial charge in [-0.3, -0.25) is 14.5 Å². The Labute approximate surface area is 224 Å². The normalized spacial score (nSPS) is 17.1. The summed E-state index contributed by atoms with van der Waals surface area (Å²) in [5.74, 6) is -1.55. The van der Waals surface area contributed by atoms with E-state index < -0.39 is 35.2 Å². The fraction of sp³-hybridized carbons (Fsp3) is 0.267. The second kappa shape index (κ2) is 10.8. The van der Waals surface area contributed by atoms with Crippen molar-refractivity contribution in [2.75, 3.05) is 30.5 Å². The van der Waals surface area contributed by atoms with E-state index in [-0.39, 0.29) is 22.7 Å². The maximum atomic E-state index is 13.4. The first-order valence-corrected chi connectivity index (χ1v) is 12.4. The van der Waals surface area contributed by atoms with E-state index in [2.05, 4.69) is 0 Å². The molecule has 0 radical (unpaired) electrons. The Morgan fingerprint density at radius 2 is 1.64 bits per heavy atom. The number of ether oxygens (including phenoxy) is 1. The molecule has 1 aliphatic rings. The minimum Gasteiger partial charge on any atom is -0.507 e. The molecule has 0 spiro atoms. The first kappa shape index (κ1) is 27.8. The predicted molar refractivity (Wildman–Crippen MR) is 144 cm³/mol. The van der Waals surface area contributed by atoms with E-state index in [4.69, 9.17) is 4.74 Å². The summed E-state index contributed by atoms with van der Waals surface area (Å²) in [7, 11) is 3.72. The zero-order chi connectivity index (χ0) is 28.5. The van der Waals surface area contributed by atoms with Crippen LogP contribution in [0.25, 0.3) is 5.76 Å². The third-order valence-corrected chi connectivity index (χ3v) is 6.33. The van der Waals surface area contributed by atoms with Gasteiger partial charge < -0.3 is 14.7 Å². The minimum absolute atomic E-state index is 0.0971. The monoisotopic (exact) mass is 538 g/mol. The second-order valence-electron chi connectivity index (χ2n) is 9.93. The van der Waals surface area contributed by atoms with E-state index in [0.717, 1.165) is 34.9 Å². The number of carbonyl (C=O) groups excluding carboxylic acids is 2. The number of halogens is 3. The van der Waals surface area contributed by atoms with Gasteiger partial charge in [-0.05, 0) is 60.0 Å². The number of nitrogens with zero attached hydrogens (tertiary/aromatic N) is 2. The lowest BCUT2D eigenvalue weighted by molar-refractivity contribution is -0.137. The highest BCUT2D eigenvalue weighted by molar-refractivity contribution is 6.51. The molecule has 6 nitrogen and oxygen atoms in total. The van der Waals surface area contributed by atoms with Crippen molar-refractivity contribution in [2.45, 2.75) is 26.1 Å². The highest BCUT2D eigenvalue weighted by atomic mass is 19.4. The van der Waals surface area contributed by atoms with Crippen LogP contribution < -0.4 is 14.5 Å². The summed E-state index contributed by atoms with van der Waals surface area (Å²) in [4.78, 5) is 29.7. The van der Waals surface area contributed by atoms with Crippen molar-refractivity contribution in [3.63, 3.8) is 0 Å². The molecule has 0 aromatic heterocycles. The zero-order valence-corrected chi connectivity index (χ0v) is 22.0. The number of benzene rings is 3. The maximum Gasteiger partial charge on any atom is 0.416 e. The Kier molecular flexibility index (Phi) is 7.72. The van der Waals surface area contributed by atoms with Crippen LogP contribution in [-0.4, -0.2) is 37.5 Å². The average Bonchev–Trinajstić information content (AvgIpc) is 3.17. The second-order valence-corrected chi connectivity index (χ2v) is 9.93. The van der Waals surface area contributed by atoms with Gasteiger partial charge in [0.1, 0.15) is 11.5 Å². The van der Waals surface area contributed by atoms with E-state index in [1.807, 2.05) is 32.8 Å². The lowest BCUT2D eigenvalue weighted by Crippen LogP contribution is -2.29. The van der Waals surface area contributed by atoms with Crippen LogP contribution in [0.1, 0.15) is 36.6 Å². The van der Waals surface area contributed by atoms with Crippen LogP contribution in [0.15, 0.2) is 78.4 Å². The topological polar surface area (TPSA) is 70.1 Å². The van der Waals surface area contributed by atoms with Gasteiger partial charge >= 0.3 is 6.18 Å². The van der Waals surface area contributed by atoms with Crippen molar-refractivity contribution in [3.8, 4) is 5.75 Å². The standard InChI is InChI=1S/C30H29F3N2O4/c1-18(2)17-39-24-7-5-6-20(16-24)27(36)25-26(19-8-12-22(13-9-19)34(3)4)35(29(38)28(25)37)23-14-10-21(11-15-23)30(31,32)33/h5-16,18,26,36H,17H2,1-4H3/b27-25+. The number of hydrogen-bond acceptors (Lipinski definition) is 5. The van der Waals surface area contributed by atoms with E-state index in [0.29, 0.717) is 17.9 Å². The molecule has 0 saturated carbocycles. The van der Waals surface area contributed by atoms with Crippen molar-refractivity contribution in [1.82, 2.24) is 0 Å². The van der Waals surface area contributed by atoms with E-state index in [9.17, 15) is 27.9 Å². The molecular formula is C30H29F3N2O4. The van der Waals surface area contributed by atoms with Crippen molar-refractivity contribution >= 4 is 28.8 Å². The average molecular weight is 539 g/mol. The molecule has 0 aliphatic carbocycles. The molecule has 1 heterocycles. The summed E-state index contributed by atoms with van der Waals surface area (Å²) in [6.45, 7) is 4.43. The number of amides is 1. The fourth-order valence-corrected chi connectivity index (χ4v) is 4.33. The van der Waals surface area contributed by atoms with Crippen molar-refractivity contribution in [3.05, 3.63) is 95.1 Å². The lowest BCUT2D eigenvalue weighted by Gasteiger charge is -2.26. The molecule has 1 unspecified atom stereocenters. The first-order valence-electron chi connectivity index (χ1n) is 12.4. The molecule has 4 rings (SSSR count). The van der Waals surface area contributed by atoms with Gasteiger partial charge in [0.25, 0.3) is 11.7 Å². The van der Waals surface area contributed by atoms with E-state index in [1.54, 1.807) is 48.5 Å². The largest absolute Gasteiger partial charge is 0.507 e. The minimum atomic E-state index is -4.56. The molecule has 204 valence electrons. The third kappa shape index (κ3) is 5.77. The first-order chi connectivity index (χ1) is 18.4. The molecule has 3 aromatic carbocycles. The summed E-state index contributed by atoms with van der Waals surface area (Å²) >= 11 is 0.